The number of thiazole rings is 1. The van der Waals surface area contributed by atoms with E-state index in [2.05, 4.69) is 47.7 Å². The zero-order valence-corrected chi connectivity index (χ0v) is 14.2. The molecule has 2 aromatic heterocycles. The molecule has 1 N–H and O–H groups in total. The van der Waals surface area contributed by atoms with Gasteiger partial charge in [0.2, 0.25) is 0 Å². The number of anilines is 1. The molecule has 0 fully saturated rings. The lowest BCUT2D eigenvalue weighted by Gasteiger charge is -2.10. The topological polar surface area (TPSA) is 42.7 Å². The van der Waals surface area contributed by atoms with Crippen LogP contribution < -0.4 is 5.32 Å². The molecule has 4 nitrogen and oxygen atoms in total. The van der Waals surface area contributed by atoms with Gasteiger partial charge in [-0.15, -0.1) is 11.3 Å². The highest BCUT2D eigenvalue weighted by atomic mass is 32.1. The Bertz CT molecular complexity index is 909. The van der Waals surface area contributed by atoms with Crippen LogP contribution in [0.3, 0.4) is 0 Å². The Balaban J connectivity index is 1.47. The van der Waals surface area contributed by atoms with Crippen molar-refractivity contribution in [2.45, 2.75) is 19.5 Å². The maximum absolute atomic E-state index is 4.71. The number of fused-ring (bicyclic) bond motifs is 1. The molecule has 0 aliphatic rings. The van der Waals surface area contributed by atoms with Crippen LogP contribution in [0, 0.1) is 0 Å². The van der Waals surface area contributed by atoms with Gasteiger partial charge in [-0.25, -0.2) is 4.98 Å². The summed E-state index contributed by atoms with van der Waals surface area (Å²) in [5, 5.41) is 9.02. The van der Waals surface area contributed by atoms with E-state index in [4.69, 9.17) is 4.98 Å². The highest BCUT2D eigenvalue weighted by Gasteiger charge is 2.12. The van der Waals surface area contributed by atoms with Crippen molar-refractivity contribution >= 4 is 27.2 Å². The third kappa shape index (κ3) is 3.16. The van der Waals surface area contributed by atoms with Crippen LogP contribution in [0.5, 0.6) is 0 Å². The maximum atomic E-state index is 4.71. The minimum Gasteiger partial charge on any atom is -0.374 e. The molecule has 0 amide bonds. The molecule has 0 saturated heterocycles. The fourth-order valence-electron chi connectivity index (χ4n) is 2.68. The van der Waals surface area contributed by atoms with Gasteiger partial charge in [0.1, 0.15) is 5.01 Å². The van der Waals surface area contributed by atoms with Gasteiger partial charge in [0.15, 0.2) is 0 Å². The van der Waals surface area contributed by atoms with Crippen LogP contribution in [-0.4, -0.2) is 14.8 Å². The van der Waals surface area contributed by atoms with Gasteiger partial charge in [-0.3, -0.25) is 4.68 Å². The number of benzene rings is 2. The van der Waals surface area contributed by atoms with Crippen molar-refractivity contribution in [1.82, 2.24) is 14.8 Å². The van der Waals surface area contributed by atoms with Crippen molar-refractivity contribution in [3.63, 3.8) is 0 Å². The first-order valence-electron chi connectivity index (χ1n) is 7.96. The largest absolute Gasteiger partial charge is 0.374 e. The van der Waals surface area contributed by atoms with Crippen LogP contribution in [0.15, 0.2) is 67.0 Å². The Kier molecular flexibility index (Phi) is 4.01. The average molecular weight is 334 g/mol. The van der Waals surface area contributed by atoms with E-state index < -0.39 is 0 Å². The van der Waals surface area contributed by atoms with Crippen LogP contribution in [0.1, 0.15) is 23.5 Å². The number of nitrogens with zero attached hydrogens (tertiary/aromatic N) is 3. The lowest BCUT2D eigenvalue weighted by Crippen LogP contribution is -2.05. The summed E-state index contributed by atoms with van der Waals surface area (Å²) in [4.78, 5) is 4.71. The van der Waals surface area contributed by atoms with Crippen molar-refractivity contribution < 1.29 is 0 Å². The van der Waals surface area contributed by atoms with Crippen molar-refractivity contribution in [1.29, 1.82) is 0 Å². The summed E-state index contributed by atoms with van der Waals surface area (Å²) in [7, 11) is 0. The summed E-state index contributed by atoms with van der Waals surface area (Å²) in [6.07, 6.45) is 3.91. The minimum atomic E-state index is 0.150. The molecule has 0 bridgehead atoms. The van der Waals surface area contributed by atoms with Crippen molar-refractivity contribution in [2.24, 2.45) is 0 Å². The molecule has 1 unspecified atom stereocenters. The van der Waals surface area contributed by atoms with E-state index in [9.17, 15) is 0 Å². The third-order valence-corrected chi connectivity index (χ3v) is 5.10. The number of nitrogens with one attached hydrogen (secondary N) is 1. The van der Waals surface area contributed by atoms with Gasteiger partial charge in [-0.2, -0.15) is 5.10 Å². The van der Waals surface area contributed by atoms with Crippen LogP contribution >= 0.6 is 11.3 Å². The Morgan fingerprint density at radius 3 is 2.71 bits per heavy atom. The molecule has 0 saturated carbocycles. The standard InChI is InChI=1S/C19H18N4S/c1-14(19-22-17-9-5-6-10-18(17)24-19)21-16-11-20-23(13-16)12-15-7-3-2-4-8-15/h2-11,13-14,21H,12H2,1H3. The quantitative estimate of drug-likeness (QED) is 0.574. The van der Waals surface area contributed by atoms with Gasteiger partial charge in [-0.05, 0) is 24.6 Å². The lowest BCUT2D eigenvalue weighted by molar-refractivity contribution is 0.687. The molecule has 0 radical (unpaired) electrons. The van der Waals surface area contributed by atoms with Gasteiger partial charge in [-0.1, -0.05) is 42.5 Å². The first-order valence-corrected chi connectivity index (χ1v) is 8.78. The first-order chi connectivity index (χ1) is 11.8. The van der Waals surface area contributed by atoms with Gasteiger partial charge in [0.25, 0.3) is 0 Å². The van der Waals surface area contributed by atoms with Crippen LogP contribution in [-0.2, 0) is 6.54 Å². The molecule has 0 aliphatic heterocycles. The predicted octanol–water partition coefficient (Wildman–Crippen LogP) is 4.71. The van der Waals surface area contributed by atoms with Crippen molar-refractivity contribution in [3.05, 3.63) is 77.6 Å². The number of hydrogen-bond acceptors (Lipinski definition) is 4. The van der Waals surface area contributed by atoms with Crippen molar-refractivity contribution in [3.8, 4) is 0 Å². The second-order valence-corrected chi connectivity index (χ2v) is 6.86. The molecule has 24 heavy (non-hydrogen) atoms. The predicted molar refractivity (Wildman–Crippen MR) is 99.4 cm³/mol. The van der Waals surface area contributed by atoms with Crippen molar-refractivity contribution in [2.75, 3.05) is 5.32 Å². The Hall–Kier alpha value is -2.66. The molecule has 5 heteroatoms. The fraction of sp³-hybridized carbons (Fsp3) is 0.158. The summed E-state index contributed by atoms with van der Waals surface area (Å²) in [5.74, 6) is 0. The van der Waals surface area contributed by atoms with E-state index in [1.165, 1.54) is 10.3 Å². The fourth-order valence-corrected chi connectivity index (χ4v) is 3.65. The second kappa shape index (κ2) is 6.45. The number of hydrogen-bond donors (Lipinski definition) is 1. The molecule has 2 aromatic carbocycles. The van der Waals surface area contributed by atoms with E-state index >= 15 is 0 Å². The van der Waals surface area contributed by atoms with E-state index in [0.717, 1.165) is 22.8 Å². The van der Waals surface area contributed by atoms with Gasteiger partial charge < -0.3 is 5.32 Å². The Morgan fingerprint density at radius 1 is 1.08 bits per heavy atom. The maximum Gasteiger partial charge on any atom is 0.116 e. The third-order valence-electron chi connectivity index (χ3n) is 3.88. The summed E-state index contributed by atoms with van der Waals surface area (Å²) < 4.78 is 3.17. The first kappa shape index (κ1) is 14.9. The highest BCUT2D eigenvalue weighted by molar-refractivity contribution is 7.18. The normalized spacial score (nSPS) is 12.4. The van der Waals surface area contributed by atoms with E-state index in [0.29, 0.717) is 0 Å². The SMILES string of the molecule is CC(Nc1cnn(Cc2ccccc2)c1)c1nc2ccccc2s1. The Labute approximate surface area is 144 Å². The summed E-state index contributed by atoms with van der Waals surface area (Å²) in [6, 6.07) is 18.7. The Morgan fingerprint density at radius 2 is 1.88 bits per heavy atom. The van der Waals surface area contributed by atoms with Crippen LogP contribution in [0.4, 0.5) is 5.69 Å². The van der Waals surface area contributed by atoms with Crippen LogP contribution in [0.2, 0.25) is 0 Å². The molecule has 2 heterocycles. The average Bonchev–Trinajstić information content (AvgIpc) is 3.22. The summed E-state index contributed by atoms with van der Waals surface area (Å²) in [6.45, 7) is 2.91. The summed E-state index contributed by atoms with van der Waals surface area (Å²) in [5.41, 5.74) is 3.31. The number of rotatable bonds is 5. The van der Waals surface area contributed by atoms with E-state index in [1.807, 2.05) is 41.3 Å². The zero-order valence-electron chi connectivity index (χ0n) is 13.4. The van der Waals surface area contributed by atoms with E-state index in [1.54, 1.807) is 11.3 Å². The molecule has 0 spiro atoms. The van der Waals surface area contributed by atoms with Gasteiger partial charge >= 0.3 is 0 Å². The molecule has 1 atom stereocenters. The molecule has 4 rings (SSSR count). The van der Waals surface area contributed by atoms with Gasteiger partial charge in [0, 0.05) is 6.20 Å². The summed E-state index contributed by atoms with van der Waals surface area (Å²) >= 11 is 1.73. The second-order valence-electron chi connectivity index (χ2n) is 5.80. The number of para-hydroxylation sites is 1. The smallest absolute Gasteiger partial charge is 0.116 e. The minimum absolute atomic E-state index is 0.150. The molecular weight excluding hydrogens is 316 g/mol. The monoisotopic (exact) mass is 334 g/mol. The number of aromatic nitrogens is 3. The van der Waals surface area contributed by atoms with E-state index in [-0.39, 0.29) is 6.04 Å². The molecule has 4 aromatic rings. The van der Waals surface area contributed by atoms with Gasteiger partial charge in [0.05, 0.1) is 34.7 Å². The lowest BCUT2D eigenvalue weighted by atomic mass is 10.2. The molecule has 120 valence electrons. The van der Waals surface area contributed by atoms with Crippen LogP contribution in [0.25, 0.3) is 10.2 Å². The highest BCUT2D eigenvalue weighted by Crippen LogP contribution is 2.28. The molecule has 0 aliphatic carbocycles. The zero-order chi connectivity index (χ0) is 16.4. The molecular formula is C19H18N4S.